The highest BCUT2D eigenvalue weighted by molar-refractivity contribution is 7.07. The lowest BCUT2D eigenvalue weighted by atomic mass is 10.1. The summed E-state index contributed by atoms with van der Waals surface area (Å²) in [7, 11) is 1.84. The second-order valence-electron chi connectivity index (χ2n) is 5.42. The number of rotatable bonds is 5. The van der Waals surface area contributed by atoms with Crippen molar-refractivity contribution in [2.45, 2.75) is 32.4 Å². The van der Waals surface area contributed by atoms with Crippen LogP contribution in [0.25, 0.3) is 0 Å². The number of pyridine rings is 1. The summed E-state index contributed by atoms with van der Waals surface area (Å²) in [6, 6.07) is 4.38. The van der Waals surface area contributed by atoms with Crippen LogP contribution in [0.2, 0.25) is 0 Å². The minimum atomic E-state index is 0.0700. The molecule has 0 unspecified atom stereocenters. The Bertz CT molecular complexity index is 635. The largest absolute Gasteiger partial charge is 0.387 e. The fraction of sp³-hybridized carbons (Fsp3) is 0.375. The van der Waals surface area contributed by atoms with Gasteiger partial charge in [0.25, 0.3) is 5.91 Å². The molecular formula is C16H19N3OS. The van der Waals surface area contributed by atoms with Crippen molar-refractivity contribution < 1.29 is 4.79 Å². The topological polar surface area (TPSA) is 45.2 Å². The summed E-state index contributed by atoms with van der Waals surface area (Å²) < 4.78 is 0. The van der Waals surface area contributed by atoms with Crippen molar-refractivity contribution in [1.29, 1.82) is 0 Å². The number of carbonyl (C=O) groups is 1. The van der Waals surface area contributed by atoms with Crippen molar-refractivity contribution in [3.8, 4) is 0 Å². The molecule has 1 aliphatic rings. The maximum Gasteiger partial charge on any atom is 0.258 e. The molecule has 2 heterocycles. The van der Waals surface area contributed by atoms with Crippen LogP contribution in [0, 0.1) is 6.92 Å². The Labute approximate surface area is 128 Å². The van der Waals surface area contributed by atoms with E-state index in [0.29, 0.717) is 18.2 Å². The molecule has 0 aromatic carbocycles. The molecule has 3 rings (SSSR count). The highest BCUT2D eigenvalue weighted by Crippen LogP contribution is 2.31. The molecule has 0 saturated heterocycles. The molecule has 110 valence electrons. The molecule has 21 heavy (non-hydrogen) atoms. The summed E-state index contributed by atoms with van der Waals surface area (Å²) in [6.07, 6.45) is 3.89. The van der Waals surface area contributed by atoms with Gasteiger partial charge in [0.15, 0.2) is 0 Å². The zero-order valence-corrected chi connectivity index (χ0v) is 13.1. The van der Waals surface area contributed by atoms with Crippen LogP contribution in [0.15, 0.2) is 29.1 Å². The van der Waals surface area contributed by atoms with E-state index in [-0.39, 0.29) is 5.91 Å². The number of carbonyl (C=O) groups excluding carboxylic acids is 1. The van der Waals surface area contributed by atoms with E-state index >= 15 is 0 Å². The van der Waals surface area contributed by atoms with Crippen LogP contribution >= 0.6 is 11.3 Å². The van der Waals surface area contributed by atoms with Crippen molar-refractivity contribution in [2.24, 2.45) is 0 Å². The first-order valence-electron chi connectivity index (χ1n) is 7.15. The minimum Gasteiger partial charge on any atom is -0.387 e. The number of hydrogen-bond donors (Lipinski definition) is 1. The van der Waals surface area contributed by atoms with E-state index in [0.717, 1.165) is 24.2 Å². The predicted molar refractivity (Wildman–Crippen MR) is 85.7 cm³/mol. The van der Waals surface area contributed by atoms with E-state index in [9.17, 15) is 4.79 Å². The molecule has 0 radical (unpaired) electrons. The molecule has 1 N–H and O–H groups in total. The normalized spacial score (nSPS) is 14.0. The predicted octanol–water partition coefficient (Wildman–Crippen LogP) is 3.30. The van der Waals surface area contributed by atoms with E-state index < -0.39 is 0 Å². The lowest BCUT2D eigenvalue weighted by molar-refractivity contribution is 0.0730. The molecule has 4 nitrogen and oxygen atoms in total. The molecule has 1 aliphatic carbocycles. The van der Waals surface area contributed by atoms with Gasteiger partial charge in [-0.15, -0.1) is 0 Å². The second-order valence-corrected chi connectivity index (χ2v) is 6.20. The van der Waals surface area contributed by atoms with Crippen molar-refractivity contribution >= 4 is 22.9 Å². The average Bonchev–Trinajstić information content (AvgIpc) is 3.20. The van der Waals surface area contributed by atoms with Crippen molar-refractivity contribution in [1.82, 2.24) is 9.88 Å². The maximum atomic E-state index is 12.9. The molecule has 2 aromatic rings. The highest BCUT2D eigenvalue weighted by Gasteiger charge is 2.34. The van der Waals surface area contributed by atoms with Gasteiger partial charge in [0.1, 0.15) is 0 Å². The van der Waals surface area contributed by atoms with Crippen molar-refractivity contribution in [3.63, 3.8) is 0 Å². The van der Waals surface area contributed by atoms with Crippen LogP contribution in [0.3, 0.4) is 0 Å². The van der Waals surface area contributed by atoms with Crippen molar-refractivity contribution in [2.75, 3.05) is 12.4 Å². The third-order valence-electron chi connectivity index (χ3n) is 3.72. The SMILES string of the molecule is CNc1cc(C)ncc1C(=O)N(Cc1ccsc1)C1CC1. The smallest absolute Gasteiger partial charge is 0.258 e. The summed E-state index contributed by atoms with van der Waals surface area (Å²) in [4.78, 5) is 19.2. The summed E-state index contributed by atoms with van der Waals surface area (Å²) in [5.41, 5.74) is 3.62. The van der Waals surface area contributed by atoms with Crippen LogP contribution in [0.5, 0.6) is 0 Å². The highest BCUT2D eigenvalue weighted by atomic mass is 32.1. The second kappa shape index (κ2) is 5.85. The average molecular weight is 301 g/mol. The van der Waals surface area contributed by atoms with Gasteiger partial charge >= 0.3 is 0 Å². The van der Waals surface area contributed by atoms with Crippen molar-refractivity contribution in [3.05, 3.63) is 45.9 Å². The molecule has 0 aliphatic heterocycles. The van der Waals surface area contributed by atoms with E-state index in [2.05, 4.69) is 27.1 Å². The molecule has 1 amide bonds. The van der Waals surface area contributed by atoms with Gasteiger partial charge in [0.2, 0.25) is 0 Å². The Kier molecular flexibility index (Phi) is 3.92. The molecule has 2 aromatic heterocycles. The number of aromatic nitrogens is 1. The summed E-state index contributed by atoms with van der Waals surface area (Å²) in [5, 5.41) is 7.26. The fourth-order valence-corrected chi connectivity index (χ4v) is 3.08. The quantitative estimate of drug-likeness (QED) is 0.921. The van der Waals surface area contributed by atoms with Gasteiger partial charge in [-0.3, -0.25) is 9.78 Å². The number of nitrogens with one attached hydrogen (secondary N) is 1. The fourth-order valence-electron chi connectivity index (χ4n) is 2.42. The van der Waals surface area contributed by atoms with Crippen LogP contribution in [-0.4, -0.2) is 28.9 Å². The maximum absolute atomic E-state index is 12.9. The van der Waals surface area contributed by atoms with Gasteiger partial charge < -0.3 is 10.2 Å². The Hall–Kier alpha value is -1.88. The number of hydrogen-bond acceptors (Lipinski definition) is 4. The van der Waals surface area contributed by atoms with Crippen LogP contribution in [0.4, 0.5) is 5.69 Å². The number of anilines is 1. The number of aryl methyl sites for hydroxylation is 1. The molecule has 0 bridgehead atoms. The standard InChI is InChI=1S/C16H19N3OS/c1-11-7-15(17-2)14(8-18-11)16(20)19(13-3-4-13)9-12-5-6-21-10-12/h5-8,10,13H,3-4,9H2,1-2H3,(H,17,18). The van der Waals surface area contributed by atoms with E-state index in [1.165, 1.54) is 5.56 Å². The first-order valence-corrected chi connectivity index (χ1v) is 8.09. The number of nitrogens with zero attached hydrogens (tertiary/aromatic N) is 2. The molecule has 1 fully saturated rings. The van der Waals surface area contributed by atoms with Crippen LogP contribution in [0.1, 0.15) is 34.5 Å². The molecule has 0 atom stereocenters. The third-order valence-corrected chi connectivity index (χ3v) is 4.45. The summed E-state index contributed by atoms with van der Waals surface area (Å²) in [6.45, 7) is 2.61. The third kappa shape index (κ3) is 3.08. The molecule has 1 saturated carbocycles. The first kappa shape index (κ1) is 14.1. The number of thiophene rings is 1. The lowest BCUT2D eigenvalue weighted by Crippen LogP contribution is -2.33. The van der Waals surface area contributed by atoms with Gasteiger partial charge in [-0.25, -0.2) is 0 Å². The summed E-state index contributed by atoms with van der Waals surface area (Å²) in [5.74, 6) is 0.0700. The Morgan fingerprint density at radius 2 is 2.33 bits per heavy atom. The van der Waals surface area contributed by atoms with Crippen LogP contribution in [-0.2, 0) is 6.54 Å². The first-order chi connectivity index (χ1) is 10.2. The van der Waals surface area contributed by atoms with Crippen LogP contribution < -0.4 is 5.32 Å². The zero-order chi connectivity index (χ0) is 14.8. The van der Waals surface area contributed by atoms with Gasteiger partial charge in [0, 0.05) is 31.5 Å². The van der Waals surface area contributed by atoms with E-state index in [4.69, 9.17) is 0 Å². The molecule has 0 spiro atoms. The Morgan fingerprint density at radius 3 is 2.95 bits per heavy atom. The molecular weight excluding hydrogens is 282 g/mol. The Morgan fingerprint density at radius 1 is 1.52 bits per heavy atom. The lowest BCUT2D eigenvalue weighted by Gasteiger charge is -2.23. The van der Waals surface area contributed by atoms with Gasteiger partial charge in [-0.05, 0) is 48.2 Å². The zero-order valence-electron chi connectivity index (χ0n) is 12.3. The number of amides is 1. The van der Waals surface area contributed by atoms with Gasteiger partial charge in [-0.2, -0.15) is 11.3 Å². The Balaban J connectivity index is 1.87. The monoisotopic (exact) mass is 301 g/mol. The van der Waals surface area contributed by atoms with Gasteiger partial charge in [0.05, 0.1) is 11.3 Å². The van der Waals surface area contributed by atoms with Gasteiger partial charge in [-0.1, -0.05) is 0 Å². The van der Waals surface area contributed by atoms with E-state index in [1.54, 1.807) is 17.5 Å². The summed E-state index contributed by atoms with van der Waals surface area (Å²) >= 11 is 1.67. The van der Waals surface area contributed by atoms with E-state index in [1.807, 2.05) is 24.9 Å². The molecule has 5 heteroatoms. The minimum absolute atomic E-state index is 0.0700.